The van der Waals surface area contributed by atoms with Gasteiger partial charge < -0.3 is 24.8 Å². The third-order valence-corrected chi connectivity index (χ3v) is 6.04. The largest absolute Gasteiger partial charge is 0.495 e. The lowest BCUT2D eigenvalue weighted by Gasteiger charge is -2.15. The number of nitrogens with one attached hydrogen (secondary N) is 2. The number of aromatic nitrogens is 2. The highest BCUT2D eigenvalue weighted by atomic mass is 35.5. The van der Waals surface area contributed by atoms with Crippen molar-refractivity contribution in [2.24, 2.45) is 0 Å². The molecule has 0 aliphatic rings. The Balaban J connectivity index is 1.81. The molecule has 0 bridgehead atoms. The molecule has 0 saturated heterocycles. The predicted octanol–water partition coefficient (Wildman–Crippen LogP) is 4.83. The first kappa shape index (κ1) is 25.5. The second-order valence-electron chi connectivity index (χ2n) is 7.17. The van der Waals surface area contributed by atoms with Gasteiger partial charge in [0.15, 0.2) is 15.7 Å². The van der Waals surface area contributed by atoms with Gasteiger partial charge in [0.25, 0.3) is 0 Å². The molecule has 11 heteroatoms. The van der Waals surface area contributed by atoms with Crippen molar-refractivity contribution in [2.45, 2.75) is 18.2 Å². The van der Waals surface area contributed by atoms with E-state index in [4.69, 9.17) is 25.8 Å². The van der Waals surface area contributed by atoms with Crippen molar-refractivity contribution in [3.8, 4) is 11.5 Å². The van der Waals surface area contributed by atoms with E-state index in [1.54, 1.807) is 37.4 Å². The molecule has 9 nitrogen and oxygen atoms in total. The van der Waals surface area contributed by atoms with Crippen LogP contribution in [0.3, 0.4) is 0 Å². The summed E-state index contributed by atoms with van der Waals surface area (Å²) in [5.41, 5.74) is 0.950. The van der Waals surface area contributed by atoms with E-state index in [1.165, 1.54) is 12.3 Å². The molecule has 0 fully saturated rings. The van der Waals surface area contributed by atoms with Crippen molar-refractivity contribution in [3.63, 3.8) is 0 Å². The SMILES string of the molecule is CCOCCCOc1ccc(OC)c(Nc2ncc(Cl)c(Nc3ccccc3S(C)(=O)=O)n2)c1. The van der Waals surface area contributed by atoms with Crippen LogP contribution in [0.15, 0.2) is 53.6 Å². The van der Waals surface area contributed by atoms with Crippen LogP contribution in [0.25, 0.3) is 0 Å². The molecule has 2 N–H and O–H groups in total. The fourth-order valence-corrected chi connectivity index (χ4v) is 4.01. The summed E-state index contributed by atoms with van der Waals surface area (Å²) in [5, 5.41) is 6.32. The Hall–Kier alpha value is -3.08. The summed E-state index contributed by atoms with van der Waals surface area (Å²) in [6, 6.07) is 11.9. The molecule has 0 saturated carbocycles. The van der Waals surface area contributed by atoms with E-state index >= 15 is 0 Å². The third kappa shape index (κ3) is 6.96. The van der Waals surface area contributed by atoms with E-state index in [1.807, 2.05) is 13.0 Å². The number of anilines is 4. The van der Waals surface area contributed by atoms with Gasteiger partial charge in [0.1, 0.15) is 16.5 Å². The number of rotatable bonds is 12. The molecule has 0 spiro atoms. The van der Waals surface area contributed by atoms with Gasteiger partial charge in [-0.2, -0.15) is 4.98 Å². The molecule has 3 aromatic rings. The molecular weight excluding hydrogens is 480 g/mol. The maximum atomic E-state index is 12.1. The highest BCUT2D eigenvalue weighted by molar-refractivity contribution is 7.90. The van der Waals surface area contributed by atoms with Gasteiger partial charge in [-0.1, -0.05) is 23.7 Å². The van der Waals surface area contributed by atoms with Gasteiger partial charge in [-0.05, 0) is 31.2 Å². The summed E-state index contributed by atoms with van der Waals surface area (Å²) < 4.78 is 40.8. The van der Waals surface area contributed by atoms with Crippen molar-refractivity contribution in [1.29, 1.82) is 0 Å². The lowest BCUT2D eigenvalue weighted by atomic mass is 10.2. The molecule has 1 heterocycles. The second kappa shape index (κ2) is 11.9. The van der Waals surface area contributed by atoms with E-state index in [-0.39, 0.29) is 21.7 Å². The van der Waals surface area contributed by atoms with E-state index in [2.05, 4.69) is 20.6 Å². The summed E-state index contributed by atoms with van der Waals surface area (Å²) in [5.74, 6) is 1.69. The summed E-state index contributed by atoms with van der Waals surface area (Å²) in [6.45, 7) is 3.77. The monoisotopic (exact) mass is 506 g/mol. The normalized spacial score (nSPS) is 11.2. The van der Waals surface area contributed by atoms with E-state index in [9.17, 15) is 8.42 Å². The zero-order valence-electron chi connectivity index (χ0n) is 19.2. The molecule has 3 rings (SSSR count). The fraction of sp³-hybridized carbons (Fsp3) is 0.304. The van der Waals surface area contributed by atoms with Gasteiger partial charge in [-0.3, -0.25) is 0 Å². The number of hydrogen-bond acceptors (Lipinski definition) is 9. The Morgan fingerprint density at radius 3 is 2.59 bits per heavy atom. The first-order chi connectivity index (χ1) is 16.3. The van der Waals surface area contributed by atoms with Gasteiger partial charge in [-0.25, -0.2) is 13.4 Å². The molecule has 0 unspecified atom stereocenters. The maximum Gasteiger partial charge on any atom is 0.229 e. The minimum absolute atomic E-state index is 0.134. The third-order valence-electron chi connectivity index (χ3n) is 4.61. The summed E-state index contributed by atoms with van der Waals surface area (Å²) in [4.78, 5) is 8.77. The molecule has 0 aliphatic carbocycles. The minimum Gasteiger partial charge on any atom is -0.495 e. The number of nitrogens with zero attached hydrogens (tertiary/aromatic N) is 2. The fourth-order valence-electron chi connectivity index (χ4n) is 3.03. The number of sulfone groups is 1. The Bertz CT molecular complexity index is 1220. The molecule has 0 atom stereocenters. The summed E-state index contributed by atoms with van der Waals surface area (Å²) in [7, 11) is -1.90. The number of halogens is 1. The van der Waals surface area contributed by atoms with Crippen molar-refractivity contribution in [2.75, 3.05) is 43.8 Å². The molecule has 1 aromatic heterocycles. The quantitative estimate of drug-likeness (QED) is 0.333. The molecule has 2 aromatic carbocycles. The summed E-state index contributed by atoms with van der Waals surface area (Å²) >= 11 is 6.27. The molecule has 182 valence electrons. The van der Waals surface area contributed by atoms with E-state index in [0.717, 1.165) is 12.7 Å². The van der Waals surface area contributed by atoms with Crippen LogP contribution in [0.5, 0.6) is 11.5 Å². The first-order valence-corrected chi connectivity index (χ1v) is 12.8. The number of methoxy groups -OCH3 is 1. The van der Waals surface area contributed by atoms with E-state index < -0.39 is 9.84 Å². The predicted molar refractivity (Wildman–Crippen MR) is 133 cm³/mol. The van der Waals surface area contributed by atoms with Crippen LogP contribution < -0.4 is 20.1 Å². The van der Waals surface area contributed by atoms with Crippen molar-refractivity contribution in [3.05, 3.63) is 53.7 Å². The molecule has 0 radical (unpaired) electrons. The van der Waals surface area contributed by atoms with Crippen LogP contribution in [-0.2, 0) is 14.6 Å². The highest BCUT2D eigenvalue weighted by Gasteiger charge is 2.15. The van der Waals surface area contributed by atoms with Crippen molar-refractivity contribution < 1.29 is 22.6 Å². The summed E-state index contributed by atoms with van der Waals surface area (Å²) in [6.07, 6.45) is 3.33. The van der Waals surface area contributed by atoms with Crippen molar-refractivity contribution in [1.82, 2.24) is 9.97 Å². The van der Waals surface area contributed by atoms with Gasteiger partial charge in [-0.15, -0.1) is 0 Å². The Labute approximate surface area is 204 Å². The van der Waals surface area contributed by atoms with Gasteiger partial charge >= 0.3 is 0 Å². The van der Waals surface area contributed by atoms with Crippen LogP contribution in [0, 0.1) is 0 Å². The van der Waals surface area contributed by atoms with Gasteiger partial charge in [0.05, 0.1) is 36.2 Å². The minimum atomic E-state index is -3.45. The number of hydrogen-bond donors (Lipinski definition) is 2. The van der Waals surface area contributed by atoms with Gasteiger partial charge in [0.2, 0.25) is 5.95 Å². The molecule has 0 amide bonds. The van der Waals surface area contributed by atoms with Gasteiger partial charge in [0, 0.05) is 32.0 Å². The van der Waals surface area contributed by atoms with Crippen LogP contribution >= 0.6 is 11.6 Å². The lowest BCUT2D eigenvalue weighted by Crippen LogP contribution is -2.06. The van der Waals surface area contributed by atoms with Crippen LogP contribution in [0.1, 0.15) is 13.3 Å². The zero-order chi connectivity index (χ0) is 24.6. The molecule has 34 heavy (non-hydrogen) atoms. The Morgan fingerprint density at radius 2 is 1.85 bits per heavy atom. The van der Waals surface area contributed by atoms with Crippen LogP contribution in [0.2, 0.25) is 5.02 Å². The lowest BCUT2D eigenvalue weighted by molar-refractivity contribution is 0.131. The molecular formula is C23H27ClN4O5S. The number of para-hydroxylation sites is 1. The van der Waals surface area contributed by atoms with Crippen molar-refractivity contribution >= 4 is 44.6 Å². The topological polar surface area (TPSA) is 112 Å². The highest BCUT2D eigenvalue weighted by Crippen LogP contribution is 2.33. The number of ether oxygens (including phenoxy) is 3. The van der Waals surface area contributed by atoms with E-state index in [0.29, 0.717) is 42.7 Å². The first-order valence-electron chi connectivity index (χ1n) is 10.6. The standard InChI is InChI=1S/C23H27ClN4O5S/c1-4-32-12-7-13-33-16-10-11-20(31-2)19(14-16)27-23-25-15-17(24)22(28-23)26-18-8-5-6-9-21(18)34(3,29)30/h5-6,8-11,14-15H,4,7,12-13H2,1-3H3,(H2,25,26,27,28). The second-order valence-corrected chi connectivity index (χ2v) is 9.56. The van der Waals surface area contributed by atoms with Crippen LogP contribution in [-0.4, -0.2) is 51.6 Å². The molecule has 0 aliphatic heterocycles. The smallest absolute Gasteiger partial charge is 0.229 e. The average molecular weight is 507 g/mol. The van der Waals surface area contributed by atoms with Crippen LogP contribution in [0.4, 0.5) is 23.1 Å². The average Bonchev–Trinajstić information content (AvgIpc) is 2.81. The Kier molecular flexibility index (Phi) is 8.91. The zero-order valence-corrected chi connectivity index (χ0v) is 20.7. The number of benzene rings is 2. The Morgan fingerprint density at radius 1 is 1.06 bits per heavy atom. The maximum absolute atomic E-state index is 12.1.